The molecular weight excluding hydrogens is 1230 g/mol. The van der Waals surface area contributed by atoms with Crippen LogP contribution in [0.5, 0.6) is 0 Å². The van der Waals surface area contributed by atoms with E-state index in [0.29, 0.717) is 57.8 Å². The predicted molar refractivity (Wildman–Crippen MR) is 358 cm³/mol. The molecule has 5 N–H and O–H groups in total. The molecule has 0 spiro atoms. The highest BCUT2D eigenvalue weighted by molar-refractivity contribution is 9.09. The number of nitrogens with zero attached hydrogens (tertiary/aromatic N) is 9. The molecular formula is C70H84BrN13O8. The van der Waals surface area contributed by atoms with Crippen LogP contribution in [0.3, 0.4) is 0 Å². The van der Waals surface area contributed by atoms with Gasteiger partial charge in [0.1, 0.15) is 17.8 Å². The molecule has 92 heavy (non-hydrogen) atoms. The van der Waals surface area contributed by atoms with E-state index in [9.17, 15) is 19.2 Å². The second-order valence-electron chi connectivity index (χ2n) is 22.7. The molecule has 8 aromatic rings. The van der Waals surface area contributed by atoms with Crippen LogP contribution < -0.4 is 21.3 Å². The Balaban J connectivity index is 0.000000269. The lowest BCUT2D eigenvalue weighted by molar-refractivity contribution is -0.121. The first kappa shape index (κ1) is 73.4. The number of carbonyl (C=O) groups is 4. The van der Waals surface area contributed by atoms with Crippen molar-refractivity contribution in [3.05, 3.63) is 239 Å². The number of hydrogen-bond acceptors (Lipinski definition) is 17. The Bertz CT molecular complexity index is 3350. The third-order valence-electron chi connectivity index (χ3n) is 12.4. The van der Waals surface area contributed by atoms with Gasteiger partial charge >= 0.3 is 12.2 Å². The highest BCUT2D eigenvalue weighted by atomic mass is 79.9. The number of alkyl carbamates (subject to hydrolysis) is 2. The lowest BCUT2D eigenvalue weighted by atomic mass is 10.1. The number of anilines is 2. The highest BCUT2D eigenvalue weighted by Gasteiger charge is 2.18. The van der Waals surface area contributed by atoms with Gasteiger partial charge in [0, 0.05) is 108 Å². The van der Waals surface area contributed by atoms with Crippen LogP contribution >= 0.6 is 15.9 Å². The molecule has 0 fully saturated rings. The van der Waals surface area contributed by atoms with Crippen molar-refractivity contribution in [2.45, 2.75) is 125 Å². The van der Waals surface area contributed by atoms with Gasteiger partial charge in [0.05, 0.1) is 58.8 Å². The molecule has 0 atom stereocenters. The van der Waals surface area contributed by atoms with Gasteiger partial charge in [0.2, 0.25) is 11.8 Å². The zero-order valence-electron chi connectivity index (χ0n) is 53.4. The number of nitrogens with one attached hydrogen (secondary N) is 4. The summed E-state index contributed by atoms with van der Waals surface area (Å²) >= 11 is 3.09. The van der Waals surface area contributed by atoms with E-state index in [0.717, 1.165) is 75.2 Å². The molecule has 4 amide bonds. The average molecular weight is 1320 g/mol. The Kier molecular flexibility index (Phi) is 32.2. The quantitative estimate of drug-likeness (QED) is 0.0315. The maximum Gasteiger partial charge on any atom is 0.407 e. The van der Waals surface area contributed by atoms with Gasteiger partial charge in [-0.25, -0.2) is 9.59 Å². The van der Waals surface area contributed by atoms with E-state index in [1.165, 1.54) is 6.92 Å². The maximum absolute atomic E-state index is 12.4. The Morgan fingerprint density at radius 1 is 0.489 bits per heavy atom. The standard InChI is InChI=1S/C34H40N6O4.C19H20N4O.C15H21BrN2O3.C2H3N/c1-34(2,3)44-33(42)37-19-16-26-10-13-28(14-11-26)39-32(41)25-43-24-27-12-15-31(38-20-27)23-40(21-29-8-4-6-17-35-29)22-30-9-5-7-18-36-30;24-15-16-7-8-19(22-11-16)14-23(12-17-5-1-3-9-20-17)13-18-6-2-4-10-21-18;1-15(2,3)21-14(20)17-9-8-11-4-6-12(7-5-11)18-13(19)10-16;1-2-3/h4-15,17-18,20H,16,19,21-25H2,1-3H3,(H,37,42)(H,39,41);1-11,24H,12-15H2;4-7H,8-10H2,1-3H3,(H,17,20)(H,18,19);1H3. The normalized spacial score (nSPS) is 10.8. The summed E-state index contributed by atoms with van der Waals surface area (Å²) in [5.74, 6) is -0.331. The van der Waals surface area contributed by atoms with Gasteiger partial charge in [-0.3, -0.25) is 49.3 Å². The zero-order chi connectivity index (χ0) is 66.4. The van der Waals surface area contributed by atoms with Crippen molar-refractivity contribution >= 4 is 51.3 Å². The summed E-state index contributed by atoms with van der Waals surface area (Å²) in [5.41, 5.74) is 10.1. The fourth-order valence-corrected chi connectivity index (χ4v) is 8.50. The Labute approximate surface area is 548 Å². The number of benzene rings is 2. The van der Waals surface area contributed by atoms with Gasteiger partial charge in [0.15, 0.2) is 0 Å². The van der Waals surface area contributed by atoms with Gasteiger partial charge in [-0.05, 0) is 162 Å². The first-order valence-corrected chi connectivity index (χ1v) is 31.1. The topological polar surface area (TPSA) is 272 Å². The molecule has 0 saturated carbocycles. The third-order valence-corrected chi connectivity index (χ3v) is 12.9. The molecule has 0 bridgehead atoms. The van der Waals surface area contributed by atoms with Crippen LogP contribution in [-0.4, -0.2) is 105 Å². The number of carbonyl (C=O) groups excluding carboxylic acids is 4. The van der Waals surface area contributed by atoms with Crippen LogP contribution in [0.4, 0.5) is 21.0 Å². The average Bonchev–Trinajstić information content (AvgIpc) is 2.26. The minimum absolute atomic E-state index is 0.0128. The number of aromatic nitrogens is 6. The molecule has 0 aliphatic rings. The molecule has 22 heteroatoms. The fourth-order valence-electron chi connectivity index (χ4n) is 8.36. The van der Waals surface area contributed by atoms with E-state index in [2.05, 4.69) is 76.9 Å². The van der Waals surface area contributed by atoms with Crippen LogP contribution in [0.15, 0.2) is 183 Å². The number of alkyl halides is 1. The van der Waals surface area contributed by atoms with E-state index >= 15 is 0 Å². The van der Waals surface area contributed by atoms with E-state index in [-0.39, 0.29) is 37.0 Å². The van der Waals surface area contributed by atoms with Crippen molar-refractivity contribution in [2.75, 3.05) is 35.7 Å². The summed E-state index contributed by atoms with van der Waals surface area (Å²) in [4.78, 5) is 78.2. The van der Waals surface area contributed by atoms with Gasteiger partial charge in [0.25, 0.3) is 0 Å². The van der Waals surface area contributed by atoms with Crippen LogP contribution in [0, 0.1) is 11.3 Å². The number of amides is 4. The zero-order valence-corrected chi connectivity index (χ0v) is 55.0. The minimum Gasteiger partial charge on any atom is -0.444 e. The van der Waals surface area contributed by atoms with Crippen molar-refractivity contribution in [3.8, 4) is 6.07 Å². The number of aliphatic hydroxyl groups excluding tert-OH is 1. The van der Waals surface area contributed by atoms with Crippen LogP contribution in [0.25, 0.3) is 0 Å². The summed E-state index contributed by atoms with van der Waals surface area (Å²) in [6.45, 7) is 17.7. The van der Waals surface area contributed by atoms with Crippen molar-refractivity contribution in [3.63, 3.8) is 0 Å². The van der Waals surface area contributed by atoms with Crippen LogP contribution in [-0.2, 0) is 89.1 Å². The van der Waals surface area contributed by atoms with Crippen molar-refractivity contribution < 1.29 is 38.5 Å². The molecule has 0 unspecified atom stereocenters. The molecule has 6 heterocycles. The Morgan fingerprint density at radius 2 is 0.826 bits per heavy atom. The van der Waals surface area contributed by atoms with Crippen LogP contribution in [0.2, 0.25) is 0 Å². The second kappa shape index (κ2) is 40.4. The molecule has 0 saturated heterocycles. The van der Waals surface area contributed by atoms with Crippen molar-refractivity contribution in [1.29, 1.82) is 5.26 Å². The number of ether oxygens (including phenoxy) is 3. The predicted octanol–water partition coefficient (Wildman–Crippen LogP) is 11.5. The number of pyridine rings is 6. The minimum atomic E-state index is -0.528. The first-order chi connectivity index (χ1) is 44.3. The molecule has 8 rings (SSSR count). The van der Waals surface area contributed by atoms with Crippen LogP contribution in [0.1, 0.15) is 105 Å². The van der Waals surface area contributed by atoms with E-state index in [1.807, 2.05) is 200 Å². The lowest BCUT2D eigenvalue weighted by Crippen LogP contribution is -2.33. The van der Waals surface area contributed by atoms with E-state index in [4.69, 9.17) is 24.6 Å². The van der Waals surface area contributed by atoms with E-state index < -0.39 is 23.4 Å². The summed E-state index contributed by atoms with van der Waals surface area (Å²) in [6, 6.07) is 48.2. The summed E-state index contributed by atoms with van der Waals surface area (Å²) < 4.78 is 16.0. The Hall–Kier alpha value is -9.37. The number of hydrogen-bond donors (Lipinski definition) is 5. The summed E-state index contributed by atoms with van der Waals surface area (Å²) in [6.07, 6.45) is 11.2. The summed E-state index contributed by atoms with van der Waals surface area (Å²) in [5, 5.41) is 27.8. The number of nitriles is 1. The SMILES string of the molecule is CC#N.CC(C)(C)OC(=O)NCCc1ccc(NC(=O)CBr)cc1.CC(C)(C)OC(=O)NCCc1ccc(NC(=O)COCc2ccc(CN(Cc3ccccn3)Cc3ccccn3)nc2)cc1.OCc1ccc(CN(Cc2ccccn2)Cc2ccccn2)nc1. The smallest absolute Gasteiger partial charge is 0.407 e. The first-order valence-electron chi connectivity index (χ1n) is 30.0. The van der Waals surface area contributed by atoms with Gasteiger partial charge in [-0.2, -0.15) is 5.26 Å². The van der Waals surface area contributed by atoms with Crippen molar-refractivity contribution in [1.82, 2.24) is 50.3 Å². The molecule has 2 aromatic carbocycles. The maximum atomic E-state index is 12.4. The second-order valence-corrected chi connectivity index (χ2v) is 23.3. The molecule has 21 nitrogen and oxygen atoms in total. The largest absolute Gasteiger partial charge is 0.444 e. The number of aliphatic hydroxyl groups is 1. The van der Waals surface area contributed by atoms with Crippen molar-refractivity contribution in [2.24, 2.45) is 0 Å². The van der Waals surface area contributed by atoms with Gasteiger partial charge < -0.3 is 40.6 Å². The molecule has 484 valence electrons. The number of halogens is 1. The summed E-state index contributed by atoms with van der Waals surface area (Å²) in [7, 11) is 0. The van der Waals surface area contributed by atoms with E-state index in [1.54, 1.807) is 30.9 Å². The highest BCUT2D eigenvalue weighted by Crippen LogP contribution is 2.17. The Morgan fingerprint density at radius 3 is 1.13 bits per heavy atom. The lowest BCUT2D eigenvalue weighted by Gasteiger charge is -2.21. The third kappa shape index (κ3) is 31.9. The fraction of sp³-hybridized carbons (Fsp3) is 0.329. The number of rotatable bonds is 26. The molecule has 0 radical (unpaired) electrons. The molecule has 0 aliphatic heterocycles. The molecule has 0 aliphatic carbocycles. The van der Waals surface area contributed by atoms with Gasteiger partial charge in [-0.1, -0.05) is 76.6 Å². The monoisotopic (exact) mass is 1310 g/mol. The molecule has 6 aromatic heterocycles. The van der Waals surface area contributed by atoms with Gasteiger partial charge in [-0.15, -0.1) is 0 Å².